The number of nitrogens with zero attached hydrogens (tertiary/aromatic N) is 2. The summed E-state index contributed by atoms with van der Waals surface area (Å²) < 4.78 is 14.4. The van der Waals surface area contributed by atoms with Crippen molar-refractivity contribution < 1.29 is 13.9 Å². The first-order chi connectivity index (χ1) is 13.0. The molecule has 138 valence electrons. The number of rotatable bonds is 3. The van der Waals surface area contributed by atoms with Crippen LogP contribution in [0.5, 0.6) is 5.75 Å². The number of aromatic nitrogens is 1. The van der Waals surface area contributed by atoms with Crippen LogP contribution in [0.1, 0.15) is 28.6 Å². The fraction of sp³-hybridized carbons (Fsp3) is 0.238. The van der Waals surface area contributed by atoms with Crippen LogP contribution in [0, 0.1) is 13.8 Å². The van der Waals surface area contributed by atoms with Crippen molar-refractivity contribution >= 4 is 38.4 Å². The van der Waals surface area contributed by atoms with Gasteiger partial charge in [-0.3, -0.25) is 4.79 Å². The van der Waals surface area contributed by atoms with Crippen molar-refractivity contribution in [3.8, 4) is 5.75 Å². The number of carbonyl (C=O) groups excluding carboxylic acids is 1. The Labute approximate surface area is 160 Å². The number of aryl methyl sites for hydroxylation is 3. The topological polar surface area (TPSA) is 56.7 Å². The molecule has 4 rings (SSSR count). The third kappa shape index (κ3) is 3.06. The van der Waals surface area contributed by atoms with Crippen LogP contribution in [-0.4, -0.2) is 17.1 Å². The molecule has 4 aromatic rings. The summed E-state index contributed by atoms with van der Waals surface area (Å²) in [5.41, 5.74) is 4.08. The van der Waals surface area contributed by atoms with Crippen molar-refractivity contribution in [1.82, 2.24) is 4.57 Å². The number of fused-ring (bicyclic) bond motifs is 2. The molecule has 2 aromatic heterocycles. The number of para-hydroxylation sites is 1. The second kappa shape index (κ2) is 6.70. The van der Waals surface area contributed by atoms with Gasteiger partial charge in [0, 0.05) is 12.4 Å². The SMILES string of the molecule is CCOc1cccc2cc(C(=O)N=c3sc4cc(C)c(C)cc4n3C)oc12. The molecule has 0 aliphatic rings. The molecule has 0 aliphatic heterocycles. The van der Waals surface area contributed by atoms with Crippen molar-refractivity contribution in [3.63, 3.8) is 0 Å². The minimum Gasteiger partial charge on any atom is -0.490 e. The molecule has 5 nitrogen and oxygen atoms in total. The number of ether oxygens (including phenoxy) is 1. The van der Waals surface area contributed by atoms with Crippen molar-refractivity contribution in [1.29, 1.82) is 0 Å². The van der Waals surface area contributed by atoms with Crippen LogP contribution in [0.4, 0.5) is 0 Å². The second-order valence-electron chi connectivity index (χ2n) is 6.48. The van der Waals surface area contributed by atoms with Crippen LogP contribution in [0.25, 0.3) is 21.2 Å². The van der Waals surface area contributed by atoms with E-state index in [1.165, 1.54) is 22.5 Å². The van der Waals surface area contributed by atoms with Gasteiger partial charge in [-0.05, 0) is 56.2 Å². The van der Waals surface area contributed by atoms with Gasteiger partial charge in [0.25, 0.3) is 0 Å². The summed E-state index contributed by atoms with van der Waals surface area (Å²) in [7, 11) is 1.92. The highest BCUT2D eigenvalue weighted by Crippen LogP contribution is 2.29. The summed E-state index contributed by atoms with van der Waals surface area (Å²) in [6.07, 6.45) is 0. The Hall–Kier alpha value is -2.86. The average molecular weight is 380 g/mol. The lowest BCUT2D eigenvalue weighted by Gasteiger charge is -2.01. The molecule has 0 saturated carbocycles. The normalized spacial score (nSPS) is 12.2. The zero-order valence-corrected chi connectivity index (χ0v) is 16.5. The van der Waals surface area contributed by atoms with Crippen molar-refractivity contribution in [2.75, 3.05) is 6.61 Å². The maximum Gasteiger partial charge on any atom is 0.315 e. The predicted molar refractivity (Wildman–Crippen MR) is 108 cm³/mol. The van der Waals surface area contributed by atoms with E-state index in [4.69, 9.17) is 9.15 Å². The Balaban J connectivity index is 1.79. The van der Waals surface area contributed by atoms with Gasteiger partial charge in [-0.25, -0.2) is 0 Å². The summed E-state index contributed by atoms with van der Waals surface area (Å²) in [4.78, 5) is 17.7. The lowest BCUT2D eigenvalue weighted by molar-refractivity contribution is 0.0973. The maximum absolute atomic E-state index is 12.7. The highest BCUT2D eigenvalue weighted by atomic mass is 32.1. The van der Waals surface area contributed by atoms with Crippen LogP contribution in [0.2, 0.25) is 0 Å². The minimum atomic E-state index is -0.399. The van der Waals surface area contributed by atoms with Crippen LogP contribution >= 0.6 is 11.3 Å². The van der Waals surface area contributed by atoms with Gasteiger partial charge in [0.1, 0.15) is 0 Å². The zero-order chi connectivity index (χ0) is 19.1. The van der Waals surface area contributed by atoms with E-state index < -0.39 is 5.91 Å². The molecule has 0 atom stereocenters. The standard InChI is InChI=1S/C21H20N2O3S/c1-5-25-16-8-6-7-14-11-17(26-19(14)16)20(24)22-21-23(4)15-9-12(2)13(3)10-18(15)27-21/h6-11H,5H2,1-4H3. The van der Waals surface area contributed by atoms with Gasteiger partial charge in [0.05, 0.1) is 16.8 Å². The van der Waals surface area contributed by atoms with E-state index in [2.05, 4.69) is 31.0 Å². The predicted octanol–water partition coefficient (Wildman–Crippen LogP) is 4.74. The van der Waals surface area contributed by atoms with Gasteiger partial charge in [0.15, 0.2) is 21.9 Å². The van der Waals surface area contributed by atoms with Crippen molar-refractivity contribution in [2.45, 2.75) is 20.8 Å². The number of amides is 1. The molecular formula is C21H20N2O3S. The van der Waals surface area contributed by atoms with E-state index >= 15 is 0 Å². The van der Waals surface area contributed by atoms with Crippen LogP contribution < -0.4 is 9.54 Å². The van der Waals surface area contributed by atoms with Crippen molar-refractivity contribution in [2.24, 2.45) is 12.0 Å². The summed E-state index contributed by atoms with van der Waals surface area (Å²) in [6, 6.07) is 11.6. The Morgan fingerprint density at radius 3 is 2.78 bits per heavy atom. The lowest BCUT2D eigenvalue weighted by atomic mass is 10.1. The van der Waals surface area contributed by atoms with Gasteiger partial charge in [-0.2, -0.15) is 4.99 Å². The highest BCUT2D eigenvalue weighted by molar-refractivity contribution is 7.16. The number of carbonyl (C=O) groups is 1. The van der Waals surface area contributed by atoms with E-state index in [1.54, 1.807) is 6.07 Å². The van der Waals surface area contributed by atoms with Gasteiger partial charge < -0.3 is 13.7 Å². The van der Waals surface area contributed by atoms with E-state index in [1.807, 2.05) is 36.7 Å². The smallest absolute Gasteiger partial charge is 0.315 e. The summed E-state index contributed by atoms with van der Waals surface area (Å²) in [5, 5.41) is 0.825. The summed E-state index contributed by atoms with van der Waals surface area (Å²) in [6.45, 7) is 6.61. The molecule has 0 unspecified atom stereocenters. The van der Waals surface area contributed by atoms with E-state index in [0.29, 0.717) is 22.7 Å². The van der Waals surface area contributed by atoms with E-state index in [-0.39, 0.29) is 5.76 Å². The van der Waals surface area contributed by atoms with Crippen LogP contribution in [0.15, 0.2) is 45.8 Å². The maximum atomic E-state index is 12.7. The Bertz CT molecular complexity index is 1240. The Morgan fingerprint density at radius 1 is 1.22 bits per heavy atom. The van der Waals surface area contributed by atoms with Gasteiger partial charge in [-0.1, -0.05) is 23.5 Å². The first-order valence-corrected chi connectivity index (χ1v) is 9.60. The van der Waals surface area contributed by atoms with Crippen LogP contribution in [0.3, 0.4) is 0 Å². The van der Waals surface area contributed by atoms with Gasteiger partial charge in [0.2, 0.25) is 0 Å². The largest absolute Gasteiger partial charge is 0.490 e. The summed E-state index contributed by atoms with van der Waals surface area (Å²) >= 11 is 1.50. The molecule has 0 N–H and O–H groups in total. The van der Waals surface area contributed by atoms with E-state index in [0.717, 1.165) is 15.6 Å². The fourth-order valence-electron chi connectivity index (χ4n) is 3.04. The molecule has 0 bridgehead atoms. The minimum absolute atomic E-state index is 0.210. The molecule has 0 aliphatic carbocycles. The molecule has 0 radical (unpaired) electrons. The molecular weight excluding hydrogens is 360 g/mol. The third-order valence-corrected chi connectivity index (χ3v) is 5.74. The quantitative estimate of drug-likeness (QED) is 0.516. The van der Waals surface area contributed by atoms with Gasteiger partial charge >= 0.3 is 5.91 Å². The molecule has 27 heavy (non-hydrogen) atoms. The molecule has 2 aromatic carbocycles. The number of hydrogen-bond donors (Lipinski definition) is 0. The zero-order valence-electron chi connectivity index (χ0n) is 15.7. The van der Waals surface area contributed by atoms with Crippen LogP contribution in [-0.2, 0) is 7.05 Å². The number of hydrogen-bond acceptors (Lipinski definition) is 4. The first-order valence-electron chi connectivity index (χ1n) is 8.79. The van der Waals surface area contributed by atoms with Gasteiger partial charge in [-0.15, -0.1) is 0 Å². The number of furan rings is 1. The molecule has 0 spiro atoms. The van der Waals surface area contributed by atoms with Crippen molar-refractivity contribution in [3.05, 3.63) is 58.1 Å². The average Bonchev–Trinajstić information content (AvgIpc) is 3.20. The fourth-order valence-corrected chi connectivity index (χ4v) is 4.14. The summed E-state index contributed by atoms with van der Waals surface area (Å²) in [5.74, 6) is 0.443. The molecule has 0 fully saturated rings. The Kier molecular flexibility index (Phi) is 4.36. The lowest BCUT2D eigenvalue weighted by Crippen LogP contribution is -2.13. The number of benzene rings is 2. The highest BCUT2D eigenvalue weighted by Gasteiger charge is 2.15. The third-order valence-electron chi connectivity index (χ3n) is 4.64. The molecule has 6 heteroatoms. The monoisotopic (exact) mass is 380 g/mol. The number of thiazole rings is 1. The molecule has 0 saturated heterocycles. The molecule has 1 amide bonds. The molecule has 2 heterocycles. The van der Waals surface area contributed by atoms with E-state index in [9.17, 15) is 4.79 Å². The second-order valence-corrected chi connectivity index (χ2v) is 7.49. The Morgan fingerprint density at radius 2 is 2.00 bits per heavy atom. The first kappa shape index (κ1) is 17.5.